The van der Waals surface area contributed by atoms with E-state index < -0.39 is 0 Å². The second-order valence-corrected chi connectivity index (χ2v) is 7.76. The smallest absolute Gasteiger partial charge is 0.251 e. The van der Waals surface area contributed by atoms with Gasteiger partial charge in [-0.05, 0) is 74.0 Å². The number of fused-ring (bicyclic) bond motifs is 1. The number of benzene rings is 1. The molecule has 2 saturated carbocycles. The SMILES string of the molecule is CNC(=O)c1cccc2c1CC(N(CC1CC1)CC1CC1)CC2. The van der Waals surface area contributed by atoms with Crippen LogP contribution in [0.5, 0.6) is 0 Å². The Kier molecular flexibility index (Phi) is 4.14. The molecular formula is C20H28N2O. The Labute approximate surface area is 139 Å². The molecule has 23 heavy (non-hydrogen) atoms. The third-order valence-electron chi connectivity index (χ3n) is 5.83. The summed E-state index contributed by atoms with van der Waals surface area (Å²) in [5.41, 5.74) is 3.59. The average molecular weight is 312 g/mol. The van der Waals surface area contributed by atoms with Crippen LogP contribution in [0.25, 0.3) is 0 Å². The summed E-state index contributed by atoms with van der Waals surface area (Å²) in [5, 5.41) is 2.81. The highest BCUT2D eigenvalue weighted by Crippen LogP contribution is 2.37. The summed E-state index contributed by atoms with van der Waals surface area (Å²) in [6.45, 7) is 2.58. The number of aryl methyl sites for hydroxylation is 1. The molecule has 3 nitrogen and oxygen atoms in total. The minimum absolute atomic E-state index is 0.0680. The fourth-order valence-corrected chi connectivity index (χ4v) is 4.07. The van der Waals surface area contributed by atoms with Gasteiger partial charge in [-0.15, -0.1) is 0 Å². The molecule has 0 bridgehead atoms. The van der Waals surface area contributed by atoms with Gasteiger partial charge in [0.05, 0.1) is 0 Å². The predicted octanol–water partition coefficient (Wildman–Crippen LogP) is 3.03. The van der Waals surface area contributed by atoms with E-state index in [9.17, 15) is 4.79 Å². The van der Waals surface area contributed by atoms with Crippen molar-refractivity contribution < 1.29 is 4.79 Å². The van der Waals surface area contributed by atoms with E-state index in [4.69, 9.17) is 0 Å². The summed E-state index contributed by atoms with van der Waals surface area (Å²) < 4.78 is 0. The highest BCUT2D eigenvalue weighted by Gasteiger charge is 2.34. The van der Waals surface area contributed by atoms with Gasteiger partial charge in [0.25, 0.3) is 5.91 Å². The third kappa shape index (κ3) is 3.45. The van der Waals surface area contributed by atoms with Crippen LogP contribution >= 0.6 is 0 Å². The van der Waals surface area contributed by atoms with Gasteiger partial charge in [-0.2, -0.15) is 0 Å². The zero-order chi connectivity index (χ0) is 15.8. The van der Waals surface area contributed by atoms with Crippen LogP contribution in [0.15, 0.2) is 18.2 Å². The lowest BCUT2D eigenvalue weighted by atomic mass is 9.84. The quantitative estimate of drug-likeness (QED) is 0.876. The molecule has 1 amide bonds. The molecule has 0 aromatic heterocycles. The molecule has 4 rings (SSSR count). The molecule has 1 atom stereocenters. The molecular weight excluding hydrogens is 284 g/mol. The summed E-state index contributed by atoms with van der Waals surface area (Å²) in [7, 11) is 1.73. The van der Waals surface area contributed by atoms with E-state index in [1.807, 2.05) is 12.1 Å². The molecule has 0 spiro atoms. The van der Waals surface area contributed by atoms with Gasteiger partial charge in [-0.3, -0.25) is 9.69 Å². The van der Waals surface area contributed by atoms with E-state index in [1.165, 1.54) is 56.3 Å². The fourth-order valence-electron chi connectivity index (χ4n) is 4.07. The zero-order valence-corrected chi connectivity index (χ0v) is 14.2. The Balaban J connectivity index is 1.54. The van der Waals surface area contributed by atoms with Gasteiger partial charge in [-0.25, -0.2) is 0 Å². The monoisotopic (exact) mass is 312 g/mol. The van der Waals surface area contributed by atoms with Crippen molar-refractivity contribution in [3.63, 3.8) is 0 Å². The maximum Gasteiger partial charge on any atom is 0.251 e. The van der Waals surface area contributed by atoms with Crippen LogP contribution in [0.2, 0.25) is 0 Å². The predicted molar refractivity (Wildman–Crippen MR) is 92.7 cm³/mol. The van der Waals surface area contributed by atoms with E-state index in [-0.39, 0.29) is 5.91 Å². The molecule has 3 aliphatic carbocycles. The Hall–Kier alpha value is -1.35. The van der Waals surface area contributed by atoms with Gasteiger partial charge in [0.2, 0.25) is 0 Å². The van der Waals surface area contributed by atoms with Gasteiger partial charge in [0.15, 0.2) is 0 Å². The van der Waals surface area contributed by atoms with Crippen LogP contribution in [0, 0.1) is 11.8 Å². The van der Waals surface area contributed by atoms with Crippen LogP contribution in [-0.4, -0.2) is 37.0 Å². The third-order valence-corrected chi connectivity index (χ3v) is 5.83. The fraction of sp³-hybridized carbons (Fsp3) is 0.650. The minimum Gasteiger partial charge on any atom is -0.355 e. The highest BCUT2D eigenvalue weighted by atomic mass is 16.1. The van der Waals surface area contributed by atoms with E-state index in [1.54, 1.807) is 7.05 Å². The van der Waals surface area contributed by atoms with Crippen molar-refractivity contribution in [2.45, 2.75) is 51.0 Å². The van der Waals surface area contributed by atoms with Gasteiger partial charge in [0.1, 0.15) is 0 Å². The average Bonchev–Trinajstić information content (AvgIpc) is 3.48. The lowest BCUT2D eigenvalue weighted by molar-refractivity contribution is 0.0960. The summed E-state index contributed by atoms with van der Waals surface area (Å²) in [6.07, 6.45) is 9.13. The molecule has 1 N–H and O–H groups in total. The first-order chi connectivity index (χ1) is 11.2. The normalized spacial score (nSPS) is 23.7. The number of amides is 1. The summed E-state index contributed by atoms with van der Waals surface area (Å²) in [4.78, 5) is 15.0. The van der Waals surface area contributed by atoms with Gasteiger partial charge < -0.3 is 5.32 Å². The van der Waals surface area contributed by atoms with Crippen LogP contribution in [-0.2, 0) is 12.8 Å². The standard InChI is InChI=1S/C20H28N2O/c1-21-20(23)18-4-2-3-16-9-10-17(11-19(16)18)22(12-14-5-6-14)13-15-7-8-15/h2-4,14-15,17H,5-13H2,1H3,(H,21,23). The molecule has 3 aliphatic rings. The number of hydrogen-bond donors (Lipinski definition) is 1. The van der Waals surface area contributed by atoms with Crippen molar-refractivity contribution in [2.75, 3.05) is 20.1 Å². The second-order valence-electron chi connectivity index (χ2n) is 7.76. The van der Waals surface area contributed by atoms with E-state index >= 15 is 0 Å². The Morgan fingerprint density at radius 2 is 1.83 bits per heavy atom. The molecule has 1 aromatic carbocycles. The Bertz CT molecular complexity index is 575. The molecule has 1 aromatic rings. The Morgan fingerprint density at radius 3 is 2.43 bits per heavy atom. The largest absolute Gasteiger partial charge is 0.355 e. The number of carbonyl (C=O) groups is 1. The van der Waals surface area contributed by atoms with Crippen LogP contribution < -0.4 is 5.32 Å². The molecule has 0 radical (unpaired) electrons. The number of nitrogens with zero attached hydrogens (tertiary/aromatic N) is 1. The zero-order valence-electron chi connectivity index (χ0n) is 14.2. The first-order valence-electron chi connectivity index (χ1n) is 9.31. The maximum atomic E-state index is 12.2. The molecule has 0 saturated heterocycles. The van der Waals surface area contributed by atoms with Crippen molar-refractivity contribution in [1.82, 2.24) is 10.2 Å². The van der Waals surface area contributed by atoms with Crippen LogP contribution in [0.1, 0.15) is 53.6 Å². The van der Waals surface area contributed by atoms with Crippen molar-refractivity contribution in [2.24, 2.45) is 11.8 Å². The number of carbonyl (C=O) groups excluding carboxylic acids is 1. The first-order valence-corrected chi connectivity index (χ1v) is 9.31. The maximum absolute atomic E-state index is 12.2. The van der Waals surface area contributed by atoms with E-state index in [0.717, 1.165) is 30.2 Å². The first kappa shape index (κ1) is 15.2. The lowest BCUT2D eigenvalue weighted by Crippen LogP contribution is -2.42. The van der Waals surface area contributed by atoms with Gasteiger partial charge >= 0.3 is 0 Å². The molecule has 0 heterocycles. The minimum atomic E-state index is 0.0680. The molecule has 3 heteroatoms. The van der Waals surface area contributed by atoms with Gasteiger partial charge in [-0.1, -0.05) is 12.1 Å². The summed E-state index contributed by atoms with van der Waals surface area (Å²) in [6, 6.07) is 6.88. The molecule has 2 fully saturated rings. The van der Waals surface area contributed by atoms with Crippen molar-refractivity contribution in [3.8, 4) is 0 Å². The molecule has 124 valence electrons. The summed E-state index contributed by atoms with van der Waals surface area (Å²) in [5.74, 6) is 1.96. The summed E-state index contributed by atoms with van der Waals surface area (Å²) >= 11 is 0. The second kappa shape index (κ2) is 6.27. The molecule has 0 aliphatic heterocycles. The number of rotatable bonds is 6. The van der Waals surface area contributed by atoms with E-state index in [0.29, 0.717) is 6.04 Å². The topological polar surface area (TPSA) is 32.3 Å². The molecule has 1 unspecified atom stereocenters. The van der Waals surface area contributed by atoms with Crippen LogP contribution in [0.3, 0.4) is 0 Å². The van der Waals surface area contributed by atoms with Crippen molar-refractivity contribution >= 4 is 5.91 Å². The number of nitrogens with one attached hydrogen (secondary N) is 1. The van der Waals surface area contributed by atoms with E-state index in [2.05, 4.69) is 16.3 Å². The number of hydrogen-bond acceptors (Lipinski definition) is 2. The van der Waals surface area contributed by atoms with Crippen molar-refractivity contribution in [3.05, 3.63) is 34.9 Å². The highest BCUT2D eigenvalue weighted by molar-refractivity contribution is 5.95. The Morgan fingerprint density at radius 1 is 1.13 bits per heavy atom. The lowest BCUT2D eigenvalue weighted by Gasteiger charge is -2.36. The van der Waals surface area contributed by atoms with Gasteiger partial charge in [0, 0.05) is 31.7 Å². The van der Waals surface area contributed by atoms with Crippen molar-refractivity contribution in [1.29, 1.82) is 0 Å². The van der Waals surface area contributed by atoms with Crippen LogP contribution in [0.4, 0.5) is 0 Å².